The summed E-state index contributed by atoms with van der Waals surface area (Å²) in [5, 5.41) is 66.4. The molecule has 0 unspecified atom stereocenters. The van der Waals surface area contributed by atoms with Gasteiger partial charge >= 0.3 is 11.9 Å². The Bertz CT molecular complexity index is 2750. The maximum atomic E-state index is 12.4. The van der Waals surface area contributed by atoms with Crippen LogP contribution in [0, 0.1) is 17.0 Å². The Hall–Kier alpha value is -7.57. The summed E-state index contributed by atoms with van der Waals surface area (Å²) in [6.45, 7) is 0.257. The first-order chi connectivity index (χ1) is 27.5. The van der Waals surface area contributed by atoms with Crippen molar-refractivity contribution in [2.75, 3.05) is 24.3 Å². The number of nitro benzene ring substituents is 1. The number of nitrogens with two attached hydrogens (primary N) is 1. The average molecular weight is 834 g/mol. The van der Waals surface area contributed by atoms with Gasteiger partial charge in [0.2, 0.25) is 5.91 Å². The molecule has 0 radical (unpaired) electrons. The molecule has 0 fully saturated rings. The molecule has 0 aliphatic heterocycles. The number of phenolic OH excluding ortho intramolecular Hbond substituents is 1. The van der Waals surface area contributed by atoms with E-state index in [-0.39, 0.29) is 33.7 Å². The summed E-state index contributed by atoms with van der Waals surface area (Å²) < 4.78 is 54.1. The van der Waals surface area contributed by atoms with Crippen LogP contribution in [0.5, 0.6) is 5.75 Å². The fourth-order valence-electron chi connectivity index (χ4n) is 5.08. The van der Waals surface area contributed by atoms with Crippen molar-refractivity contribution < 1.29 is 56.2 Å². The third-order valence-corrected chi connectivity index (χ3v) is 9.25. The number of benzene rings is 5. The zero-order chi connectivity index (χ0) is 42.3. The fourth-order valence-corrected chi connectivity index (χ4v) is 6.23. The topological polar surface area (TPSA) is 345 Å². The van der Waals surface area contributed by atoms with Crippen LogP contribution in [0.4, 0.5) is 51.2 Å². The number of thiol groups is 2. The first-order valence-electron chi connectivity index (χ1n) is 16.0. The SMILES string of the molecule is Cc1cc(N=Nc2cc([SH](=O)=O)c3cc([SH](=O)=O)c(N=Nc4ccc(NC(=O)COCC(=O)O)cc4[N+](=O)[O-])c(O)c3c2N)ccc1N=Nc1ccc(C(=O)O)cc1. The van der Waals surface area contributed by atoms with Crippen molar-refractivity contribution in [1.82, 2.24) is 0 Å². The van der Waals surface area contributed by atoms with Crippen molar-refractivity contribution in [3.8, 4) is 5.75 Å². The number of aromatic hydroxyl groups is 1. The summed E-state index contributed by atoms with van der Waals surface area (Å²) >= 11 is 0. The van der Waals surface area contributed by atoms with Gasteiger partial charge in [0.05, 0.1) is 48.4 Å². The van der Waals surface area contributed by atoms with Crippen LogP contribution in [0.25, 0.3) is 10.8 Å². The number of carboxylic acids is 2. The smallest absolute Gasteiger partial charge is 0.335 e. The summed E-state index contributed by atoms with van der Waals surface area (Å²) in [5.41, 5.74) is 5.43. The second-order valence-electron chi connectivity index (χ2n) is 11.7. The molecule has 6 N–H and O–H groups in total. The van der Waals surface area contributed by atoms with Gasteiger partial charge in [-0.25, -0.2) is 26.4 Å². The molecule has 0 aromatic heterocycles. The molecule has 5 rings (SSSR count). The Balaban J connectivity index is 1.50. The molecule has 0 aliphatic rings. The van der Waals surface area contributed by atoms with Gasteiger partial charge < -0.3 is 31.1 Å². The van der Waals surface area contributed by atoms with E-state index in [0.29, 0.717) is 16.9 Å². The van der Waals surface area contributed by atoms with E-state index in [1.807, 2.05) is 0 Å². The number of nitrogens with zero attached hydrogens (tertiary/aromatic N) is 7. The minimum absolute atomic E-state index is 0.0829. The van der Waals surface area contributed by atoms with E-state index in [0.717, 1.165) is 24.3 Å². The van der Waals surface area contributed by atoms with Crippen LogP contribution in [-0.2, 0) is 35.7 Å². The zero-order valence-corrected chi connectivity index (χ0v) is 31.2. The van der Waals surface area contributed by atoms with Gasteiger partial charge in [-0.15, -0.1) is 15.3 Å². The van der Waals surface area contributed by atoms with Crippen LogP contribution in [-0.4, -0.2) is 68.1 Å². The van der Waals surface area contributed by atoms with Crippen LogP contribution >= 0.6 is 0 Å². The van der Waals surface area contributed by atoms with Crippen LogP contribution in [0.1, 0.15) is 15.9 Å². The fraction of sp³-hybridized carbons (Fsp3) is 0.0882. The van der Waals surface area contributed by atoms with Crippen molar-refractivity contribution in [3.63, 3.8) is 0 Å². The number of fused-ring (bicyclic) bond motifs is 1. The van der Waals surface area contributed by atoms with Crippen molar-refractivity contribution >= 4 is 101 Å². The highest BCUT2D eigenvalue weighted by atomic mass is 32.2. The monoisotopic (exact) mass is 833 g/mol. The number of hydrogen-bond acceptors (Lipinski definition) is 18. The highest BCUT2D eigenvalue weighted by Crippen LogP contribution is 2.47. The summed E-state index contributed by atoms with van der Waals surface area (Å²) in [4.78, 5) is 43.5. The van der Waals surface area contributed by atoms with Gasteiger partial charge in [0.25, 0.3) is 5.69 Å². The lowest BCUT2D eigenvalue weighted by Crippen LogP contribution is -2.20. The number of carbonyl (C=O) groups is 3. The molecule has 24 heteroatoms. The third kappa shape index (κ3) is 9.80. The van der Waals surface area contributed by atoms with Crippen LogP contribution < -0.4 is 11.1 Å². The number of aliphatic carboxylic acids is 1. The highest BCUT2D eigenvalue weighted by Gasteiger charge is 2.23. The second-order valence-corrected chi connectivity index (χ2v) is 13.7. The number of amides is 1. The van der Waals surface area contributed by atoms with Crippen LogP contribution in [0.2, 0.25) is 0 Å². The number of carboxylic acid groups (broad SMARTS) is 2. The predicted molar refractivity (Wildman–Crippen MR) is 204 cm³/mol. The molecule has 0 atom stereocenters. The molecule has 58 heavy (non-hydrogen) atoms. The highest BCUT2D eigenvalue weighted by molar-refractivity contribution is 7.73. The number of nitro groups is 1. The largest absolute Gasteiger partial charge is 0.505 e. The minimum atomic E-state index is -3.60. The first kappa shape index (κ1) is 41.6. The molecule has 22 nitrogen and oxygen atoms in total. The molecule has 0 heterocycles. The lowest BCUT2D eigenvalue weighted by Gasteiger charge is -2.12. The number of aromatic carboxylic acids is 1. The number of anilines is 2. The Morgan fingerprint density at radius 3 is 2.02 bits per heavy atom. The van der Waals surface area contributed by atoms with Gasteiger partial charge in [-0.2, -0.15) is 15.3 Å². The van der Waals surface area contributed by atoms with E-state index in [4.69, 9.17) is 15.9 Å². The Morgan fingerprint density at radius 2 is 1.40 bits per heavy atom. The summed E-state index contributed by atoms with van der Waals surface area (Å²) in [7, 11) is -7.06. The van der Waals surface area contributed by atoms with E-state index >= 15 is 0 Å². The van der Waals surface area contributed by atoms with Crippen LogP contribution in [0.3, 0.4) is 0 Å². The molecule has 0 aliphatic carbocycles. The molecule has 0 saturated carbocycles. The quantitative estimate of drug-likeness (QED) is 0.0201. The van der Waals surface area contributed by atoms with Crippen molar-refractivity contribution in [3.05, 3.63) is 94.0 Å². The zero-order valence-electron chi connectivity index (χ0n) is 29.4. The maximum absolute atomic E-state index is 12.4. The summed E-state index contributed by atoms with van der Waals surface area (Å²) in [6, 6.07) is 15.3. The van der Waals surface area contributed by atoms with Crippen molar-refractivity contribution in [1.29, 1.82) is 0 Å². The number of nitrogen functional groups attached to an aromatic ring is 1. The van der Waals surface area contributed by atoms with Gasteiger partial charge in [-0.1, -0.05) is 0 Å². The predicted octanol–water partition coefficient (Wildman–Crippen LogP) is 6.27. The number of hydrogen-bond donors (Lipinski definition) is 7. The molecule has 0 spiro atoms. The maximum Gasteiger partial charge on any atom is 0.335 e. The number of rotatable bonds is 15. The third-order valence-electron chi connectivity index (χ3n) is 7.76. The molecule has 0 bridgehead atoms. The number of phenols is 1. The van der Waals surface area contributed by atoms with Gasteiger partial charge in [0.1, 0.15) is 24.6 Å². The van der Waals surface area contributed by atoms with Crippen LogP contribution in [0.15, 0.2) is 113 Å². The van der Waals surface area contributed by atoms with E-state index in [9.17, 15) is 46.4 Å². The van der Waals surface area contributed by atoms with E-state index < -0.39 is 95.4 Å². The normalized spacial score (nSPS) is 11.7. The lowest BCUT2D eigenvalue weighted by molar-refractivity contribution is -0.384. The summed E-state index contributed by atoms with van der Waals surface area (Å²) in [5.74, 6) is -4.20. The van der Waals surface area contributed by atoms with Crippen molar-refractivity contribution in [2.24, 2.45) is 30.7 Å². The van der Waals surface area contributed by atoms with Gasteiger partial charge in [0.15, 0.2) is 32.8 Å². The molecule has 5 aromatic carbocycles. The number of azo groups is 3. The van der Waals surface area contributed by atoms with Gasteiger partial charge in [-0.3, -0.25) is 14.9 Å². The molecule has 298 valence electrons. The van der Waals surface area contributed by atoms with Gasteiger partial charge in [0, 0.05) is 17.1 Å². The number of aryl methyl sites for hydroxylation is 1. The lowest BCUT2D eigenvalue weighted by atomic mass is 10.0. The first-order valence-corrected chi connectivity index (χ1v) is 18.4. The molecular weight excluding hydrogens is 807 g/mol. The molecule has 0 saturated heterocycles. The Kier molecular flexibility index (Phi) is 12.9. The molecule has 1 amide bonds. The average Bonchev–Trinajstić information content (AvgIpc) is 3.16. The van der Waals surface area contributed by atoms with Gasteiger partial charge in [-0.05, 0) is 79.2 Å². The van der Waals surface area contributed by atoms with E-state index in [1.165, 1.54) is 36.4 Å². The Morgan fingerprint density at radius 1 is 0.776 bits per heavy atom. The van der Waals surface area contributed by atoms with Crippen molar-refractivity contribution in [2.45, 2.75) is 16.7 Å². The van der Waals surface area contributed by atoms with E-state index in [1.54, 1.807) is 19.1 Å². The minimum Gasteiger partial charge on any atom is -0.505 e. The molecule has 5 aromatic rings. The summed E-state index contributed by atoms with van der Waals surface area (Å²) in [6.07, 6.45) is 0. The second kappa shape index (κ2) is 17.9. The standard InChI is InChI=1S/C34H27N9O13S2/c1-16-10-20(7-8-22(16)39-37-18-4-2-17(3-5-18)34(48)49)38-41-24-13-26(57(52)53)21-12-27(58(54)55)32(33(47)30(21)31(24)35)42-40-23-9-6-19(11-25(23)43(50)51)36-28(44)14-56-15-29(45)46/h2-13,47,57-58H,14-15,35H2,1H3,(H,36,44)(H,45,46)(H,48,49). The van der Waals surface area contributed by atoms with E-state index in [2.05, 4.69) is 40.7 Å². The number of carbonyl (C=O) groups excluding carboxylic acids is 1. The number of nitrogens with one attached hydrogen (secondary N) is 1. The number of ether oxygens (including phenoxy) is 1. The molecular formula is C34H27N9O13S2. The Labute approximate surface area is 328 Å².